The lowest BCUT2D eigenvalue weighted by Gasteiger charge is -2.09. The van der Waals surface area contributed by atoms with Gasteiger partial charge in [0.1, 0.15) is 5.82 Å². The van der Waals surface area contributed by atoms with Gasteiger partial charge in [-0.2, -0.15) is 11.8 Å². The molecule has 4 heteroatoms. The van der Waals surface area contributed by atoms with Gasteiger partial charge in [0.25, 0.3) is 0 Å². The number of hydrogen-bond acceptors (Lipinski definition) is 4. The third-order valence-corrected chi connectivity index (χ3v) is 3.15. The molecule has 0 aromatic carbocycles. The Morgan fingerprint density at radius 2 is 2.07 bits per heavy atom. The van der Waals surface area contributed by atoms with E-state index in [0.717, 1.165) is 22.8 Å². The van der Waals surface area contributed by atoms with Crippen LogP contribution < -0.4 is 0 Å². The first kappa shape index (κ1) is 12.5. The number of nitrogens with zero attached hydrogens (tertiary/aromatic N) is 2. The minimum absolute atomic E-state index is 0.489. The van der Waals surface area contributed by atoms with Crippen molar-refractivity contribution in [2.45, 2.75) is 44.8 Å². The van der Waals surface area contributed by atoms with Gasteiger partial charge in [-0.15, -0.1) is 0 Å². The van der Waals surface area contributed by atoms with Crippen LogP contribution in [0.25, 0.3) is 0 Å². The summed E-state index contributed by atoms with van der Waals surface area (Å²) in [5, 5.41) is 10.0. The number of thioether (sulfide) groups is 1. The molecular weight excluding hydrogens is 208 g/mol. The Bertz CT molecular complexity index is 326. The molecule has 3 nitrogen and oxygen atoms in total. The number of aliphatic hydroxyl groups excluding tert-OH is 1. The van der Waals surface area contributed by atoms with Crippen LogP contribution in [0.2, 0.25) is 0 Å². The number of hydrogen-bond donors (Lipinski definition) is 1. The van der Waals surface area contributed by atoms with E-state index in [1.165, 1.54) is 0 Å². The summed E-state index contributed by atoms with van der Waals surface area (Å²) in [7, 11) is 0. The summed E-state index contributed by atoms with van der Waals surface area (Å²) in [5.74, 6) is 1.68. The average molecular weight is 226 g/mol. The first-order valence-corrected chi connectivity index (χ1v) is 6.17. The van der Waals surface area contributed by atoms with Crippen molar-refractivity contribution >= 4 is 11.8 Å². The Hall–Kier alpha value is -0.610. The van der Waals surface area contributed by atoms with Gasteiger partial charge in [-0.3, -0.25) is 0 Å². The lowest BCUT2D eigenvalue weighted by Crippen LogP contribution is -2.03. The van der Waals surface area contributed by atoms with Crippen LogP contribution >= 0.6 is 11.8 Å². The molecule has 1 rings (SSSR count). The standard InChI is InChI=1S/C11H18N2OS/c1-7(2)15-6-11-12-5-10(9(4)14)8(3)13-11/h5,7,9,14H,6H2,1-4H3/t9-/m1/s1. The Morgan fingerprint density at radius 1 is 1.40 bits per heavy atom. The molecule has 0 aliphatic rings. The number of aromatic nitrogens is 2. The van der Waals surface area contributed by atoms with E-state index in [9.17, 15) is 5.11 Å². The summed E-state index contributed by atoms with van der Waals surface area (Å²) in [6.07, 6.45) is 1.24. The van der Waals surface area contributed by atoms with Gasteiger partial charge < -0.3 is 5.11 Å². The highest BCUT2D eigenvalue weighted by atomic mass is 32.2. The molecule has 0 amide bonds. The Labute approximate surface area is 95.3 Å². The van der Waals surface area contributed by atoms with Crippen LogP contribution in [0.5, 0.6) is 0 Å². The molecule has 1 aromatic heterocycles. The van der Waals surface area contributed by atoms with Crippen LogP contribution in [0, 0.1) is 6.92 Å². The number of aliphatic hydroxyl groups is 1. The van der Waals surface area contributed by atoms with Crippen molar-refractivity contribution in [1.29, 1.82) is 0 Å². The van der Waals surface area contributed by atoms with Crippen LogP contribution in [0.1, 0.15) is 44.0 Å². The van der Waals surface area contributed by atoms with E-state index in [2.05, 4.69) is 23.8 Å². The van der Waals surface area contributed by atoms with Crippen molar-refractivity contribution < 1.29 is 5.11 Å². The van der Waals surface area contributed by atoms with E-state index in [0.29, 0.717) is 5.25 Å². The number of rotatable bonds is 4. The van der Waals surface area contributed by atoms with Crippen molar-refractivity contribution in [3.8, 4) is 0 Å². The van der Waals surface area contributed by atoms with E-state index in [4.69, 9.17) is 0 Å². The fourth-order valence-corrected chi connectivity index (χ4v) is 1.87. The lowest BCUT2D eigenvalue weighted by molar-refractivity contribution is 0.197. The average Bonchev–Trinajstić information content (AvgIpc) is 2.14. The third-order valence-electron chi connectivity index (χ3n) is 2.06. The van der Waals surface area contributed by atoms with E-state index in [1.807, 2.05) is 18.7 Å². The fourth-order valence-electron chi connectivity index (χ4n) is 1.25. The normalized spacial score (nSPS) is 13.2. The Morgan fingerprint density at radius 3 is 2.53 bits per heavy atom. The second-order valence-electron chi connectivity index (χ2n) is 3.86. The van der Waals surface area contributed by atoms with Gasteiger partial charge in [0.05, 0.1) is 11.9 Å². The zero-order valence-electron chi connectivity index (χ0n) is 9.69. The van der Waals surface area contributed by atoms with Gasteiger partial charge in [0.2, 0.25) is 0 Å². The molecular formula is C11H18N2OS. The number of aryl methyl sites for hydroxylation is 1. The molecule has 15 heavy (non-hydrogen) atoms. The summed E-state index contributed by atoms with van der Waals surface area (Å²) >= 11 is 1.82. The molecule has 0 fully saturated rings. The van der Waals surface area contributed by atoms with Crippen molar-refractivity contribution in [2.24, 2.45) is 0 Å². The van der Waals surface area contributed by atoms with E-state index >= 15 is 0 Å². The first-order chi connectivity index (χ1) is 7.00. The summed E-state index contributed by atoms with van der Waals surface area (Å²) in [4.78, 5) is 8.62. The molecule has 0 unspecified atom stereocenters. The molecule has 84 valence electrons. The van der Waals surface area contributed by atoms with Crippen LogP contribution in [0.15, 0.2) is 6.20 Å². The summed E-state index contributed by atoms with van der Waals surface area (Å²) < 4.78 is 0. The zero-order valence-corrected chi connectivity index (χ0v) is 10.5. The molecule has 0 spiro atoms. The molecule has 0 radical (unpaired) electrons. The second-order valence-corrected chi connectivity index (χ2v) is 5.43. The Kier molecular flexibility index (Phi) is 4.54. The molecule has 1 heterocycles. The molecule has 1 atom stereocenters. The first-order valence-electron chi connectivity index (χ1n) is 5.12. The molecule has 0 bridgehead atoms. The Balaban J connectivity index is 2.73. The van der Waals surface area contributed by atoms with Gasteiger partial charge >= 0.3 is 0 Å². The van der Waals surface area contributed by atoms with Crippen LogP contribution in [-0.2, 0) is 5.75 Å². The van der Waals surface area contributed by atoms with Crippen LogP contribution in [0.4, 0.5) is 0 Å². The maximum Gasteiger partial charge on any atom is 0.138 e. The van der Waals surface area contributed by atoms with Gasteiger partial charge in [-0.05, 0) is 19.1 Å². The monoisotopic (exact) mass is 226 g/mol. The maximum absolute atomic E-state index is 9.43. The minimum atomic E-state index is -0.489. The highest BCUT2D eigenvalue weighted by Crippen LogP contribution is 2.18. The summed E-state index contributed by atoms with van der Waals surface area (Å²) in [6, 6.07) is 0. The fraction of sp³-hybridized carbons (Fsp3) is 0.636. The highest BCUT2D eigenvalue weighted by molar-refractivity contribution is 7.99. The molecule has 0 saturated heterocycles. The van der Waals surface area contributed by atoms with Gasteiger partial charge in [0, 0.05) is 17.5 Å². The SMILES string of the molecule is Cc1nc(CSC(C)C)ncc1[C@@H](C)O. The third kappa shape index (κ3) is 3.80. The van der Waals surface area contributed by atoms with E-state index in [-0.39, 0.29) is 0 Å². The largest absolute Gasteiger partial charge is 0.389 e. The van der Waals surface area contributed by atoms with Crippen molar-refractivity contribution in [3.63, 3.8) is 0 Å². The molecule has 0 aliphatic carbocycles. The van der Waals surface area contributed by atoms with Gasteiger partial charge in [-0.25, -0.2) is 9.97 Å². The maximum atomic E-state index is 9.43. The summed E-state index contributed by atoms with van der Waals surface area (Å²) in [5.41, 5.74) is 1.69. The van der Waals surface area contributed by atoms with Crippen LogP contribution in [0.3, 0.4) is 0 Å². The molecule has 0 saturated carbocycles. The van der Waals surface area contributed by atoms with Crippen LogP contribution in [-0.4, -0.2) is 20.3 Å². The second kappa shape index (κ2) is 5.47. The smallest absolute Gasteiger partial charge is 0.138 e. The van der Waals surface area contributed by atoms with E-state index in [1.54, 1.807) is 13.1 Å². The lowest BCUT2D eigenvalue weighted by atomic mass is 10.1. The van der Waals surface area contributed by atoms with Crippen molar-refractivity contribution in [3.05, 3.63) is 23.3 Å². The predicted octanol–water partition coefficient (Wildman–Crippen LogP) is 2.48. The molecule has 1 aromatic rings. The quantitative estimate of drug-likeness (QED) is 0.856. The molecule has 1 N–H and O–H groups in total. The molecule has 0 aliphatic heterocycles. The summed E-state index contributed by atoms with van der Waals surface area (Å²) in [6.45, 7) is 7.95. The minimum Gasteiger partial charge on any atom is -0.389 e. The van der Waals surface area contributed by atoms with Gasteiger partial charge in [-0.1, -0.05) is 13.8 Å². The van der Waals surface area contributed by atoms with Gasteiger partial charge in [0.15, 0.2) is 0 Å². The van der Waals surface area contributed by atoms with E-state index < -0.39 is 6.10 Å². The zero-order chi connectivity index (χ0) is 11.4. The highest BCUT2D eigenvalue weighted by Gasteiger charge is 2.08. The van der Waals surface area contributed by atoms with Crippen molar-refractivity contribution in [1.82, 2.24) is 9.97 Å². The topological polar surface area (TPSA) is 46.0 Å². The predicted molar refractivity (Wildman–Crippen MR) is 63.8 cm³/mol. The van der Waals surface area contributed by atoms with Crippen molar-refractivity contribution in [2.75, 3.05) is 0 Å².